The van der Waals surface area contributed by atoms with E-state index in [-0.39, 0.29) is 27.4 Å². The van der Waals surface area contributed by atoms with E-state index in [0.717, 1.165) is 0 Å². The molecule has 0 spiro atoms. The highest BCUT2D eigenvalue weighted by Crippen LogP contribution is 1.93. The molecule has 5 nitrogen and oxygen atoms in total. The van der Waals surface area contributed by atoms with Crippen molar-refractivity contribution in [1.29, 1.82) is 0 Å². The smallest absolute Gasteiger partial charge is 0.00307 e. The Balaban J connectivity index is -0.00000000200. The molecule has 0 aromatic carbocycles. The van der Waals surface area contributed by atoms with Gasteiger partial charge in [-0.3, -0.25) is 0 Å². The van der Waals surface area contributed by atoms with Gasteiger partial charge in [0.1, 0.15) is 0 Å². The van der Waals surface area contributed by atoms with E-state index < -0.39 is 0 Å². The van der Waals surface area contributed by atoms with Crippen molar-refractivity contribution in [2.45, 2.75) is 0 Å². The standard InChI is InChI=1S/CH3ClS.5H2O/c1-3-2;;;;;/h1H3;5*1H2. The quantitative estimate of drug-likeness (QED) is 0.385. The molecule has 0 aromatic heterocycles. The predicted octanol–water partition coefficient (Wildman–Crippen LogP) is -2.62. The molecule has 0 aliphatic heterocycles. The molecule has 0 bridgehead atoms. The van der Waals surface area contributed by atoms with E-state index in [1.807, 2.05) is 6.26 Å². The van der Waals surface area contributed by atoms with Crippen molar-refractivity contribution >= 4 is 21.7 Å². The fourth-order valence-electron chi connectivity index (χ4n) is 0. The number of hydrogen-bond donors (Lipinski definition) is 0. The van der Waals surface area contributed by atoms with Crippen LogP contribution in [0.4, 0.5) is 0 Å². The van der Waals surface area contributed by atoms with Gasteiger partial charge in [0.15, 0.2) is 0 Å². The summed E-state index contributed by atoms with van der Waals surface area (Å²) in [7, 11) is 6.14. The summed E-state index contributed by atoms with van der Waals surface area (Å²) in [6.45, 7) is 0. The molecule has 0 rings (SSSR count). The van der Waals surface area contributed by atoms with Crippen LogP contribution in [0.5, 0.6) is 0 Å². The molecular weight excluding hydrogens is 160 g/mol. The van der Waals surface area contributed by atoms with Crippen LogP contribution in [-0.2, 0) is 0 Å². The fraction of sp³-hybridized carbons (Fsp3) is 1.00. The van der Waals surface area contributed by atoms with Gasteiger partial charge in [-0.15, -0.1) is 0 Å². The van der Waals surface area contributed by atoms with Crippen LogP contribution < -0.4 is 0 Å². The second kappa shape index (κ2) is 149. The molecule has 0 heterocycles. The molecule has 7 heteroatoms. The SMILES string of the molecule is CSCl.O.O.O.O.O. The zero-order valence-corrected chi connectivity index (χ0v) is 5.86. The summed E-state index contributed by atoms with van der Waals surface area (Å²) in [4.78, 5) is 0. The predicted molar refractivity (Wildman–Crippen MR) is 37.4 cm³/mol. The Labute approximate surface area is 56.1 Å². The van der Waals surface area contributed by atoms with Gasteiger partial charge in [0.05, 0.1) is 0 Å². The normalized spacial score (nSPS) is 2.25. The monoisotopic (exact) mass is 172 g/mol. The van der Waals surface area contributed by atoms with Gasteiger partial charge in [0, 0.05) is 0 Å². The van der Waals surface area contributed by atoms with Crippen molar-refractivity contribution in [1.82, 2.24) is 0 Å². The molecular formula is CH13ClO5S. The van der Waals surface area contributed by atoms with Crippen molar-refractivity contribution < 1.29 is 27.4 Å². The highest BCUT2D eigenvalue weighted by molar-refractivity contribution is 8.20. The van der Waals surface area contributed by atoms with Gasteiger partial charge in [0.25, 0.3) is 0 Å². The third-order valence-corrected chi connectivity index (χ3v) is 0. The minimum atomic E-state index is 0. The van der Waals surface area contributed by atoms with E-state index in [4.69, 9.17) is 10.7 Å². The van der Waals surface area contributed by atoms with Crippen LogP contribution >= 0.6 is 21.7 Å². The van der Waals surface area contributed by atoms with Gasteiger partial charge in [0.2, 0.25) is 0 Å². The van der Waals surface area contributed by atoms with E-state index in [1.54, 1.807) is 0 Å². The average molecular weight is 173 g/mol. The van der Waals surface area contributed by atoms with Gasteiger partial charge in [-0.25, -0.2) is 0 Å². The molecule has 0 aliphatic carbocycles. The van der Waals surface area contributed by atoms with E-state index in [0.29, 0.717) is 0 Å². The lowest BCUT2D eigenvalue weighted by atomic mass is 12.0. The molecule has 0 aromatic rings. The van der Waals surface area contributed by atoms with Crippen LogP contribution in [0.1, 0.15) is 0 Å². The Hall–Kier alpha value is 0.440. The maximum absolute atomic E-state index is 4.92. The van der Waals surface area contributed by atoms with Crippen molar-refractivity contribution in [2.24, 2.45) is 0 Å². The van der Waals surface area contributed by atoms with Crippen molar-refractivity contribution in [2.75, 3.05) is 6.26 Å². The van der Waals surface area contributed by atoms with Gasteiger partial charge < -0.3 is 27.4 Å². The summed E-state index contributed by atoms with van der Waals surface area (Å²) in [5.74, 6) is 0. The van der Waals surface area contributed by atoms with E-state index >= 15 is 0 Å². The van der Waals surface area contributed by atoms with Gasteiger partial charge in [-0.05, 0) is 16.9 Å². The lowest BCUT2D eigenvalue weighted by Crippen LogP contribution is -1.07. The second-order valence-corrected chi connectivity index (χ2v) is 1.39. The molecule has 0 fully saturated rings. The van der Waals surface area contributed by atoms with E-state index in [9.17, 15) is 0 Å². The largest absolute Gasteiger partial charge is 0.412 e. The molecule has 60 valence electrons. The lowest BCUT2D eigenvalue weighted by molar-refractivity contribution is 0.823. The summed E-state index contributed by atoms with van der Waals surface area (Å²) in [6.07, 6.45) is 1.81. The molecule has 0 radical (unpaired) electrons. The average Bonchev–Trinajstić information content (AvgIpc) is 0.918. The summed E-state index contributed by atoms with van der Waals surface area (Å²) >= 11 is 0. The van der Waals surface area contributed by atoms with Gasteiger partial charge in [-0.1, -0.05) is 11.0 Å². The molecule has 10 N–H and O–H groups in total. The number of rotatable bonds is 0. The minimum Gasteiger partial charge on any atom is -0.412 e. The van der Waals surface area contributed by atoms with Crippen LogP contribution in [0, 0.1) is 0 Å². The summed E-state index contributed by atoms with van der Waals surface area (Å²) in [6, 6.07) is 0. The zero-order chi connectivity index (χ0) is 2.71. The summed E-state index contributed by atoms with van der Waals surface area (Å²) in [5, 5.41) is 0. The first kappa shape index (κ1) is 78.5. The number of hydrogen-bond acceptors (Lipinski definition) is 1. The van der Waals surface area contributed by atoms with Crippen LogP contribution in [0.15, 0.2) is 0 Å². The third kappa shape index (κ3) is 984. The fourth-order valence-corrected chi connectivity index (χ4v) is 0. The molecule has 0 amide bonds. The van der Waals surface area contributed by atoms with E-state index in [2.05, 4.69) is 0 Å². The lowest BCUT2D eigenvalue weighted by Gasteiger charge is -1.46. The van der Waals surface area contributed by atoms with E-state index in [1.165, 1.54) is 11.0 Å². The maximum atomic E-state index is 4.92. The zero-order valence-electron chi connectivity index (χ0n) is 4.29. The molecule has 0 unspecified atom stereocenters. The number of halogens is 1. The molecule has 0 aliphatic rings. The van der Waals surface area contributed by atoms with Crippen molar-refractivity contribution in [3.8, 4) is 0 Å². The van der Waals surface area contributed by atoms with Gasteiger partial charge >= 0.3 is 0 Å². The first-order valence-corrected chi connectivity index (χ1v) is 2.61. The first-order chi connectivity index (χ1) is 1.41. The second-order valence-electron chi connectivity index (χ2n) is 0.154. The van der Waals surface area contributed by atoms with Crippen LogP contribution in [-0.4, -0.2) is 33.6 Å². The summed E-state index contributed by atoms with van der Waals surface area (Å²) in [5.41, 5.74) is 0. The molecule has 8 heavy (non-hydrogen) atoms. The molecule has 0 saturated heterocycles. The maximum Gasteiger partial charge on any atom is -0.00307 e. The van der Waals surface area contributed by atoms with Crippen molar-refractivity contribution in [3.63, 3.8) is 0 Å². The highest BCUT2D eigenvalue weighted by atomic mass is 35.7. The Morgan fingerprint density at radius 1 is 0.875 bits per heavy atom. The first-order valence-electron chi connectivity index (χ1n) is 0.563. The molecule has 0 atom stereocenters. The van der Waals surface area contributed by atoms with Gasteiger partial charge in [-0.2, -0.15) is 0 Å². The molecule has 0 saturated carbocycles. The Morgan fingerprint density at radius 2 is 0.875 bits per heavy atom. The topological polar surface area (TPSA) is 158 Å². The Morgan fingerprint density at radius 3 is 0.875 bits per heavy atom. The Kier molecular flexibility index (Phi) is 1460. The van der Waals surface area contributed by atoms with Crippen LogP contribution in [0.25, 0.3) is 0 Å². The van der Waals surface area contributed by atoms with Crippen molar-refractivity contribution in [3.05, 3.63) is 0 Å². The van der Waals surface area contributed by atoms with Crippen LogP contribution in [0.2, 0.25) is 0 Å². The highest BCUT2D eigenvalue weighted by Gasteiger charge is 1.37. The third-order valence-electron chi connectivity index (χ3n) is 0. The minimum absolute atomic E-state index is 0. The Bertz CT molecular complexity index is 12.4. The summed E-state index contributed by atoms with van der Waals surface area (Å²) < 4.78 is 0. The van der Waals surface area contributed by atoms with Crippen LogP contribution in [0.3, 0.4) is 0 Å².